The summed E-state index contributed by atoms with van der Waals surface area (Å²) in [4.78, 5) is 25.7. The third-order valence-electron chi connectivity index (χ3n) is 4.40. The van der Waals surface area contributed by atoms with Gasteiger partial charge in [-0.05, 0) is 23.6 Å². The molecule has 0 aromatic heterocycles. The molecule has 2 fully saturated rings. The minimum Gasteiger partial charge on any atom is -0.324 e. The van der Waals surface area contributed by atoms with Gasteiger partial charge in [-0.15, -0.1) is 0 Å². The molecule has 0 aliphatic carbocycles. The van der Waals surface area contributed by atoms with Crippen LogP contribution < -0.4 is 10.7 Å². The second-order valence-electron chi connectivity index (χ2n) is 6.33. The molecule has 4 rings (SSSR count). The van der Waals surface area contributed by atoms with Crippen molar-refractivity contribution in [1.82, 2.24) is 15.8 Å². The van der Waals surface area contributed by atoms with Gasteiger partial charge in [-0.25, -0.2) is 10.4 Å². The van der Waals surface area contributed by atoms with Crippen LogP contribution in [0.3, 0.4) is 0 Å². The van der Waals surface area contributed by atoms with E-state index in [0.29, 0.717) is 11.3 Å². The molecule has 136 valence electrons. The Hall–Kier alpha value is -2.83. The first kappa shape index (κ1) is 17.6. The Morgan fingerprint density at radius 3 is 2.44 bits per heavy atom. The number of amides is 2. The van der Waals surface area contributed by atoms with Gasteiger partial charge in [-0.2, -0.15) is 0 Å². The molecule has 2 N–H and O–H groups in total. The Morgan fingerprint density at radius 1 is 1.00 bits per heavy atom. The van der Waals surface area contributed by atoms with E-state index in [-0.39, 0.29) is 11.8 Å². The predicted molar refractivity (Wildman–Crippen MR) is 107 cm³/mol. The average Bonchev–Trinajstić information content (AvgIpc) is 2.99. The van der Waals surface area contributed by atoms with Crippen molar-refractivity contribution in [3.8, 4) is 0 Å². The minimum atomic E-state index is -0.465. The molecule has 2 aromatic carbocycles. The number of nitrogens with zero attached hydrogens (tertiary/aromatic N) is 1. The van der Waals surface area contributed by atoms with E-state index in [1.165, 1.54) is 16.8 Å². The highest BCUT2D eigenvalue weighted by Gasteiger charge is 2.43. The van der Waals surface area contributed by atoms with E-state index in [9.17, 15) is 9.59 Å². The van der Waals surface area contributed by atoms with Gasteiger partial charge in [0.1, 0.15) is 6.04 Å². The maximum absolute atomic E-state index is 12.7. The van der Waals surface area contributed by atoms with Crippen molar-refractivity contribution in [3.05, 3.63) is 88.8 Å². The van der Waals surface area contributed by atoms with E-state index < -0.39 is 11.5 Å². The van der Waals surface area contributed by atoms with Crippen LogP contribution in [0, 0.1) is 0 Å². The highest BCUT2D eigenvalue weighted by atomic mass is 32.2. The third kappa shape index (κ3) is 3.97. The number of thioether (sulfide) groups is 1. The molecule has 2 aliphatic rings. The van der Waals surface area contributed by atoms with Gasteiger partial charge in [0, 0.05) is 0 Å². The largest absolute Gasteiger partial charge is 0.324 e. The summed E-state index contributed by atoms with van der Waals surface area (Å²) in [6, 6.07) is 19.2. The summed E-state index contributed by atoms with van der Waals surface area (Å²) in [6.07, 6.45) is 6.12. The summed E-state index contributed by atoms with van der Waals surface area (Å²) in [5.41, 5.74) is 4.79. The first-order valence-corrected chi connectivity index (χ1v) is 9.63. The van der Waals surface area contributed by atoms with Crippen LogP contribution in [-0.2, 0) is 16.0 Å². The molecule has 2 aromatic rings. The van der Waals surface area contributed by atoms with Crippen LogP contribution in [0.2, 0.25) is 0 Å². The van der Waals surface area contributed by atoms with Gasteiger partial charge in [0.2, 0.25) is 5.91 Å². The second kappa shape index (κ2) is 7.82. The Morgan fingerprint density at radius 2 is 1.70 bits per heavy atom. The molecule has 0 saturated carbocycles. The zero-order chi connectivity index (χ0) is 18.6. The molecule has 2 atom stereocenters. The molecule has 0 spiro atoms. The molecular weight excluding hydrogens is 358 g/mol. The first-order chi connectivity index (χ1) is 13.2. The maximum atomic E-state index is 12.7. The predicted octanol–water partition coefficient (Wildman–Crippen LogP) is 2.69. The van der Waals surface area contributed by atoms with Crippen LogP contribution in [-0.4, -0.2) is 28.4 Å². The second-order valence-corrected chi connectivity index (χ2v) is 7.45. The lowest BCUT2D eigenvalue weighted by Gasteiger charge is -2.34. The standard InChI is InChI=1S/C21H19N3O2S/c25-19-17(14-16-10-5-2-6-11-16)23-24-20(26)18(27-21(24)22-19)13-7-12-15-8-3-1-4-9-15/h1-13,17,21,23H,14H2,(H,22,25)/b12-7+,18-13-. The number of hydrazine groups is 1. The fraction of sp³-hybridized carbons (Fsp3) is 0.143. The normalized spacial score (nSPS) is 23.7. The van der Waals surface area contributed by atoms with Gasteiger partial charge in [0.25, 0.3) is 5.91 Å². The third-order valence-corrected chi connectivity index (χ3v) is 5.51. The van der Waals surface area contributed by atoms with E-state index in [4.69, 9.17) is 0 Å². The number of hydrogen-bond donors (Lipinski definition) is 2. The zero-order valence-corrected chi connectivity index (χ0v) is 15.4. The van der Waals surface area contributed by atoms with Crippen LogP contribution in [0.25, 0.3) is 6.08 Å². The van der Waals surface area contributed by atoms with Gasteiger partial charge in [-0.3, -0.25) is 9.59 Å². The molecule has 6 heteroatoms. The van der Waals surface area contributed by atoms with Crippen molar-refractivity contribution in [2.24, 2.45) is 0 Å². The Kier molecular flexibility index (Phi) is 5.09. The number of fused-ring (bicyclic) bond motifs is 1. The van der Waals surface area contributed by atoms with Gasteiger partial charge in [-0.1, -0.05) is 84.6 Å². The van der Waals surface area contributed by atoms with Crippen molar-refractivity contribution in [1.29, 1.82) is 0 Å². The summed E-state index contributed by atoms with van der Waals surface area (Å²) in [7, 11) is 0. The SMILES string of the molecule is O=C1NC2S/C(=C\C=C\c3ccccc3)C(=O)N2NC1Cc1ccccc1. The van der Waals surface area contributed by atoms with Gasteiger partial charge >= 0.3 is 0 Å². The smallest absolute Gasteiger partial charge is 0.277 e. The molecule has 27 heavy (non-hydrogen) atoms. The van der Waals surface area contributed by atoms with Gasteiger partial charge < -0.3 is 5.32 Å². The lowest BCUT2D eigenvalue weighted by atomic mass is 10.1. The van der Waals surface area contributed by atoms with E-state index in [1.54, 1.807) is 6.08 Å². The Bertz CT molecular complexity index is 896. The summed E-state index contributed by atoms with van der Waals surface area (Å²) >= 11 is 1.34. The molecule has 2 amide bonds. The zero-order valence-electron chi connectivity index (χ0n) is 14.5. The number of allylic oxidation sites excluding steroid dienone is 2. The van der Waals surface area contributed by atoms with Crippen LogP contribution in [0.1, 0.15) is 11.1 Å². The quantitative estimate of drug-likeness (QED) is 0.805. The van der Waals surface area contributed by atoms with Crippen molar-refractivity contribution < 1.29 is 9.59 Å². The van der Waals surface area contributed by atoms with E-state index in [0.717, 1.165) is 11.1 Å². The van der Waals surface area contributed by atoms with Gasteiger partial charge in [0.15, 0.2) is 5.50 Å². The maximum Gasteiger partial charge on any atom is 0.277 e. The number of carbonyl (C=O) groups is 2. The fourth-order valence-electron chi connectivity index (χ4n) is 3.03. The minimum absolute atomic E-state index is 0.0959. The number of benzene rings is 2. The number of nitrogens with one attached hydrogen (secondary N) is 2. The van der Waals surface area contributed by atoms with Crippen molar-refractivity contribution in [2.75, 3.05) is 0 Å². The van der Waals surface area contributed by atoms with E-state index in [1.807, 2.05) is 72.8 Å². The molecule has 2 unspecified atom stereocenters. The highest BCUT2D eigenvalue weighted by molar-refractivity contribution is 8.05. The van der Waals surface area contributed by atoms with Crippen LogP contribution in [0.4, 0.5) is 0 Å². The van der Waals surface area contributed by atoms with E-state index in [2.05, 4.69) is 10.7 Å². The molecule has 0 bridgehead atoms. The number of hydrogen-bond acceptors (Lipinski definition) is 4. The summed E-state index contributed by atoms with van der Waals surface area (Å²) in [6.45, 7) is 0. The summed E-state index contributed by atoms with van der Waals surface area (Å²) < 4.78 is 0. The van der Waals surface area contributed by atoms with E-state index >= 15 is 0 Å². The average molecular weight is 377 g/mol. The molecule has 2 saturated heterocycles. The Balaban J connectivity index is 1.45. The molecular formula is C21H19N3O2S. The van der Waals surface area contributed by atoms with Gasteiger partial charge in [0.05, 0.1) is 4.91 Å². The number of carbonyl (C=O) groups excluding carboxylic acids is 2. The highest BCUT2D eigenvalue weighted by Crippen LogP contribution is 2.34. The Labute approximate surface area is 162 Å². The topological polar surface area (TPSA) is 61.4 Å². The number of rotatable bonds is 4. The summed E-state index contributed by atoms with van der Waals surface area (Å²) in [5.74, 6) is -0.220. The van der Waals surface area contributed by atoms with Crippen molar-refractivity contribution in [2.45, 2.75) is 18.0 Å². The monoisotopic (exact) mass is 377 g/mol. The van der Waals surface area contributed by atoms with Crippen LogP contribution in [0.15, 0.2) is 77.7 Å². The summed E-state index contributed by atoms with van der Waals surface area (Å²) in [5, 5.41) is 4.43. The van der Waals surface area contributed by atoms with Crippen molar-refractivity contribution in [3.63, 3.8) is 0 Å². The molecule has 2 heterocycles. The lowest BCUT2D eigenvalue weighted by Crippen LogP contribution is -2.65. The lowest BCUT2D eigenvalue weighted by molar-refractivity contribution is -0.139. The molecule has 0 radical (unpaired) electrons. The van der Waals surface area contributed by atoms with Crippen LogP contribution >= 0.6 is 11.8 Å². The van der Waals surface area contributed by atoms with Crippen molar-refractivity contribution >= 4 is 29.7 Å². The fourth-order valence-corrected chi connectivity index (χ4v) is 4.06. The molecule has 5 nitrogen and oxygen atoms in total. The first-order valence-electron chi connectivity index (χ1n) is 8.75. The molecule has 2 aliphatic heterocycles. The van der Waals surface area contributed by atoms with Crippen LogP contribution in [0.5, 0.6) is 0 Å².